The number of carbonyl (C=O) groups excluding carboxylic acids is 1. The molecule has 0 atom stereocenters. The van der Waals surface area contributed by atoms with Crippen LogP contribution in [0.4, 0.5) is 0 Å². The highest BCUT2D eigenvalue weighted by Gasteiger charge is 2.18. The fourth-order valence-corrected chi connectivity index (χ4v) is 2.94. The average molecular weight is 342 g/mol. The van der Waals surface area contributed by atoms with Gasteiger partial charge in [-0.25, -0.2) is 4.68 Å². The lowest BCUT2D eigenvalue weighted by atomic mass is 10.1. The molecule has 0 unspecified atom stereocenters. The van der Waals surface area contributed by atoms with Crippen LogP contribution in [0.2, 0.25) is 0 Å². The molecule has 4 aromatic rings. The second kappa shape index (κ2) is 7.19. The Morgan fingerprint density at radius 1 is 0.846 bits per heavy atom. The summed E-state index contributed by atoms with van der Waals surface area (Å²) >= 11 is 0. The third-order valence-corrected chi connectivity index (χ3v) is 4.25. The summed E-state index contributed by atoms with van der Waals surface area (Å²) in [5.74, 6) is -0.0333. The Morgan fingerprint density at radius 2 is 1.50 bits per heavy atom. The summed E-state index contributed by atoms with van der Waals surface area (Å²) in [6.07, 6.45) is 0. The Labute approximate surface area is 151 Å². The van der Waals surface area contributed by atoms with Crippen molar-refractivity contribution in [2.24, 2.45) is 0 Å². The Hall–Kier alpha value is -3.47. The number of hydrogen-bond acceptors (Lipinski definition) is 3. The Bertz CT molecular complexity index is 1010. The van der Waals surface area contributed by atoms with Crippen molar-refractivity contribution < 1.29 is 4.79 Å². The monoisotopic (exact) mass is 342 g/mol. The van der Waals surface area contributed by atoms with Crippen LogP contribution in [-0.2, 0) is 13.2 Å². The second-order valence-electron chi connectivity index (χ2n) is 6.07. The molecular weight excluding hydrogens is 324 g/mol. The van der Waals surface area contributed by atoms with Gasteiger partial charge >= 0.3 is 0 Å². The van der Waals surface area contributed by atoms with Crippen LogP contribution in [0.15, 0.2) is 84.9 Å². The van der Waals surface area contributed by atoms with E-state index in [0.717, 1.165) is 16.6 Å². The molecule has 1 amide bonds. The predicted molar refractivity (Wildman–Crippen MR) is 100 cm³/mol. The number of hydrogen-bond donors (Lipinski definition) is 0. The molecule has 0 radical (unpaired) electrons. The van der Waals surface area contributed by atoms with Gasteiger partial charge in [-0.05, 0) is 29.8 Å². The van der Waals surface area contributed by atoms with Gasteiger partial charge in [-0.2, -0.15) is 0 Å². The molecule has 3 aromatic carbocycles. The summed E-state index contributed by atoms with van der Waals surface area (Å²) in [5.41, 5.74) is 3.46. The topological polar surface area (TPSA) is 51.0 Å². The number of amides is 1. The molecule has 0 bridgehead atoms. The number of rotatable bonds is 5. The van der Waals surface area contributed by atoms with Crippen molar-refractivity contribution in [2.45, 2.75) is 13.2 Å². The van der Waals surface area contributed by atoms with Crippen molar-refractivity contribution >= 4 is 16.9 Å². The number of nitrogens with zero attached hydrogens (tertiary/aromatic N) is 4. The first kappa shape index (κ1) is 16.0. The smallest absolute Gasteiger partial charge is 0.255 e. The van der Waals surface area contributed by atoms with Gasteiger partial charge in [0.15, 0.2) is 0 Å². The first-order valence-corrected chi connectivity index (χ1v) is 8.48. The maximum atomic E-state index is 13.1. The van der Waals surface area contributed by atoms with Crippen LogP contribution in [0.3, 0.4) is 0 Å². The summed E-state index contributed by atoms with van der Waals surface area (Å²) < 4.78 is 1.76. The first-order chi connectivity index (χ1) is 12.8. The molecule has 26 heavy (non-hydrogen) atoms. The quantitative estimate of drug-likeness (QED) is 0.555. The van der Waals surface area contributed by atoms with Crippen molar-refractivity contribution in [2.75, 3.05) is 0 Å². The minimum atomic E-state index is -0.0333. The molecule has 0 aliphatic heterocycles. The fourth-order valence-electron chi connectivity index (χ4n) is 2.94. The minimum absolute atomic E-state index is 0.0333. The molecule has 0 aliphatic rings. The molecule has 0 saturated carbocycles. The Morgan fingerprint density at radius 3 is 2.27 bits per heavy atom. The Kier molecular flexibility index (Phi) is 4.43. The molecule has 5 heteroatoms. The number of carbonyl (C=O) groups is 1. The maximum Gasteiger partial charge on any atom is 0.255 e. The van der Waals surface area contributed by atoms with Crippen LogP contribution in [0, 0.1) is 0 Å². The highest BCUT2D eigenvalue weighted by atomic mass is 16.2. The largest absolute Gasteiger partial charge is 0.315 e. The van der Waals surface area contributed by atoms with Crippen LogP contribution in [0.25, 0.3) is 11.0 Å². The third-order valence-electron chi connectivity index (χ3n) is 4.25. The molecule has 1 aromatic heterocycles. The van der Waals surface area contributed by atoms with Crippen molar-refractivity contribution in [1.82, 2.24) is 19.9 Å². The zero-order valence-corrected chi connectivity index (χ0v) is 14.2. The van der Waals surface area contributed by atoms with Crippen molar-refractivity contribution in [3.05, 3.63) is 96.1 Å². The Balaban J connectivity index is 1.67. The minimum Gasteiger partial charge on any atom is -0.315 e. The molecule has 128 valence electrons. The van der Waals surface area contributed by atoms with Gasteiger partial charge in [0, 0.05) is 12.1 Å². The van der Waals surface area contributed by atoms with Crippen molar-refractivity contribution in [3.8, 4) is 0 Å². The molecule has 0 aliphatic carbocycles. The maximum absolute atomic E-state index is 13.1. The van der Waals surface area contributed by atoms with E-state index < -0.39 is 0 Å². The van der Waals surface area contributed by atoms with E-state index in [4.69, 9.17) is 0 Å². The second-order valence-corrected chi connectivity index (χ2v) is 6.07. The lowest BCUT2D eigenvalue weighted by Gasteiger charge is -2.23. The van der Waals surface area contributed by atoms with E-state index in [1.54, 1.807) is 9.58 Å². The number of benzene rings is 3. The molecule has 5 nitrogen and oxygen atoms in total. The third kappa shape index (κ3) is 3.32. The summed E-state index contributed by atoms with van der Waals surface area (Å²) in [4.78, 5) is 14.9. The highest BCUT2D eigenvalue weighted by molar-refractivity contribution is 5.94. The van der Waals surface area contributed by atoms with Crippen LogP contribution in [0.5, 0.6) is 0 Å². The van der Waals surface area contributed by atoms with Gasteiger partial charge in [0.2, 0.25) is 0 Å². The zero-order chi connectivity index (χ0) is 17.8. The summed E-state index contributed by atoms with van der Waals surface area (Å²) in [7, 11) is 0. The number of para-hydroxylation sites is 1. The van der Waals surface area contributed by atoms with Gasteiger partial charge in [-0.15, -0.1) is 5.10 Å². The normalized spacial score (nSPS) is 10.8. The van der Waals surface area contributed by atoms with E-state index in [1.165, 1.54) is 0 Å². The zero-order valence-electron chi connectivity index (χ0n) is 14.2. The van der Waals surface area contributed by atoms with E-state index in [2.05, 4.69) is 10.3 Å². The molecule has 0 saturated heterocycles. The standard InChI is InChI=1S/C21H18N4O/c26-21(18-11-5-2-6-12-18)24(15-17-9-3-1-4-10-17)16-25-20-14-8-7-13-19(20)22-23-25/h1-14H,15-16H2. The van der Waals surface area contributed by atoms with Crippen molar-refractivity contribution in [1.29, 1.82) is 0 Å². The van der Waals surface area contributed by atoms with Crippen LogP contribution in [0.1, 0.15) is 15.9 Å². The molecular formula is C21H18N4O. The first-order valence-electron chi connectivity index (χ1n) is 8.48. The summed E-state index contributed by atoms with van der Waals surface area (Å²) in [5, 5.41) is 8.41. The van der Waals surface area contributed by atoms with Gasteiger partial charge in [-0.3, -0.25) is 4.79 Å². The lowest BCUT2D eigenvalue weighted by molar-refractivity contribution is 0.0679. The summed E-state index contributed by atoms with van der Waals surface area (Å²) in [6, 6.07) is 27.0. The molecule has 1 heterocycles. The SMILES string of the molecule is O=C(c1ccccc1)N(Cc1ccccc1)Cn1nnc2ccccc21. The number of aromatic nitrogens is 3. The van der Waals surface area contributed by atoms with Gasteiger partial charge in [-0.1, -0.05) is 65.9 Å². The van der Waals surface area contributed by atoms with Crippen LogP contribution >= 0.6 is 0 Å². The van der Waals surface area contributed by atoms with E-state index in [1.807, 2.05) is 84.9 Å². The molecule has 0 fully saturated rings. The molecule has 4 rings (SSSR count). The fraction of sp³-hybridized carbons (Fsp3) is 0.0952. The van der Waals surface area contributed by atoms with Gasteiger partial charge in [0.05, 0.1) is 5.52 Å². The predicted octanol–water partition coefficient (Wildman–Crippen LogP) is 3.73. The van der Waals surface area contributed by atoms with E-state index in [-0.39, 0.29) is 5.91 Å². The van der Waals surface area contributed by atoms with Crippen LogP contribution < -0.4 is 0 Å². The van der Waals surface area contributed by atoms with E-state index in [9.17, 15) is 4.79 Å². The van der Waals surface area contributed by atoms with Gasteiger partial charge < -0.3 is 4.90 Å². The molecule has 0 spiro atoms. The van der Waals surface area contributed by atoms with Gasteiger partial charge in [0.1, 0.15) is 12.2 Å². The lowest BCUT2D eigenvalue weighted by Crippen LogP contribution is -2.33. The number of fused-ring (bicyclic) bond motifs is 1. The summed E-state index contributed by atoms with van der Waals surface area (Å²) in [6.45, 7) is 0.839. The van der Waals surface area contributed by atoms with Crippen LogP contribution in [-0.4, -0.2) is 25.8 Å². The van der Waals surface area contributed by atoms with E-state index >= 15 is 0 Å². The molecule has 0 N–H and O–H groups in total. The highest BCUT2D eigenvalue weighted by Crippen LogP contribution is 2.15. The van der Waals surface area contributed by atoms with Gasteiger partial charge in [0.25, 0.3) is 5.91 Å². The van der Waals surface area contributed by atoms with E-state index in [0.29, 0.717) is 18.8 Å². The average Bonchev–Trinajstić information content (AvgIpc) is 3.11. The van der Waals surface area contributed by atoms with Crippen molar-refractivity contribution in [3.63, 3.8) is 0 Å².